The summed E-state index contributed by atoms with van der Waals surface area (Å²) in [6.07, 6.45) is 2.99. The number of carbonyl (C=O) groups excluding carboxylic acids is 3. The van der Waals surface area contributed by atoms with E-state index in [2.05, 4.69) is 10.1 Å². The van der Waals surface area contributed by atoms with E-state index in [0.29, 0.717) is 19.0 Å². The summed E-state index contributed by atoms with van der Waals surface area (Å²) in [5.41, 5.74) is 0. The highest BCUT2D eigenvalue weighted by Crippen LogP contribution is 2.32. The van der Waals surface area contributed by atoms with Crippen LogP contribution in [0.1, 0.15) is 32.1 Å². The summed E-state index contributed by atoms with van der Waals surface area (Å²) in [7, 11) is 1.30. The first-order chi connectivity index (χ1) is 9.10. The Morgan fingerprint density at radius 3 is 2.74 bits per heavy atom. The molecule has 0 spiro atoms. The highest BCUT2D eigenvalue weighted by atomic mass is 16.5. The third kappa shape index (κ3) is 3.94. The number of ether oxygens (including phenoxy) is 1. The van der Waals surface area contributed by atoms with Gasteiger partial charge in [-0.2, -0.15) is 0 Å². The van der Waals surface area contributed by atoms with Crippen molar-refractivity contribution in [1.29, 1.82) is 0 Å². The largest absolute Gasteiger partial charge is 0.469 e. The molecule has 1 aliphatic heterocycles. The van der Waals surface area contributed by atoms with Crippen molar-refractivity contribution in [3.8, 4) is 0 Å². The second-order valence-corrected chi connectivity index (χ2v) is 5.23. The normalized spacial score (nSPS) is 22.5. The topological polar surface area (TPSA) is 75.7 Å². The SMILES string of the molecule is COC(=O)CCC(=O)NCC1CC(=O)N(C2CC2)C1. The third-order valence-electron chi connectivity index (χ3n) is 3.60. The number of likely N-dealkylation sites (tertiary alicyclic amines) is 1. The lowest BCUT2D eigenvalue weighted by molar-refractivity contribution is -0.142. The minimum atomic E-state index is -0.383. The van der Waals surface area contributed by atoms with E-state index in [1.807, 2.05) is 4.90 Å². The van der Waals surface area contributed by atoms with Gasteiger partial charge in [0.25, 0.3) is 0 Å². The van der Waals surface area contributed by atoms with Crippen molar-refractivity contribution in [3.63, 3.8) is 0 Å². The second-order valence-electron chi connectivity index (χ2n) is 5.23. The smallest absolute Gasteiger partial charge is 0.306 e. The number of nitrogens with one attached hydrogen (secondary N) is 1. The summed E-state index contributed by atoms with van der Waals surface area (Å²) >= 11 is 0. The maximum Gasteiger partial charge on any atom is 0.306 e. The monoisotopic (exact) mass is 268 g/mol. The van der Waals surface area contributed by atoms with Crippen molar-refractivity contribution in [2.24, 2.45) is 5.92 Å². The van der Waals surface area contributed by atoms with Crippen molar-refractivity contribution in [3.05, 3.63) is 0 Å². The van der Waals surface area contributed by atoms with Gasteiger partial charge in [-0.05, 0) is 12.8 Å². The summed E-state index contributed by atoms with van der Waals surface area (Å²) in [5, 5.41) is 2.78. The zero-order chi connectivity index (χ0) is 13.8. The standard InChI is InChI=1S/C13H20N2O4/c1-19-13(18)5-4-11(16)14-7-9-6-12(17)15(8-9)10-2-3-10/h9-10H,2-8H2,1H3,(H,14,16). The summed E-state index contributed by atoms with van der Waals surface area (Å²) in [6.45, 7) is 1.26. The maximum atomic E-state index is 11.7. The van der Waals surface area contributed by atoms with Crippen molar-refractivity contribution in [2.45, 2.75) is 38.1 Å². The fourth-order valence-electron chi connectivity index (χ4n) is 2.35. The minimum Gasteiger partial charge on any atom is -0.469 e. The molecule has 106 valence electrons. The average molecular weight is 268 g/mol. The molecule has 2 amide bonds. The molecule has 0 aromatic carbocycles. The minimum absolute atomic E-state index is 0.0974. The molecule has 0 aromatic rings. The van der Waals surface area contributed by atoms with E-state index in [1.165, 1.54) is 7.11 Å². The van der Waals surface area contributed by atoms with Gasteiger partial charge >= 0.3 is 5.97 Å². The fourth-order valence-corrected chi connectivity index (χ4v) is 2.35. The van der Waals surface area contributed by atoms with Gasteiger partial charge in [-0.25, -0.2) is 0 Å². The molecular weight excluding hydrogens is 248 g/mol. The number of carbonyl (C=O) groups is 3. The molecule has 2 aliphatic rings. The Balaban J connectivity index is 1.64. The Labute approximate surface area is 112 Å². The lowest BCUT2D eigenvalue weighted by Crippen LogP contribution is -2.32. The maximum absolute atomic E-state index is 11.7. The molecule has 1 atom stereocenters. The number of amides is 2. The van der Waals surface area contributed by atoms with E-state index >= 15 is 0 Å². The Morgan fingerprint density at radius 2 is 2.11 bits per heavy atom. The van der Waals surface area contributed by atoms with Crippen LogP contribution in [-0.4, -0.2) is 48.9 Å². The molecule has 1 aliphatic carbocycles. The van der Waals surface area contributed by atoms with Crippen LogP contribution < -0.4 is 5.32 Å². The predicted octanol–water partition coefficient (Wildman–Crippen LogP) is 0.0667. The molecule has 2 rings (SSSR count). The molecule has 1 unspecified atom stereocenters. The second kappa shape index (κ2) is 6.04. The molecule has 0 radical (unpaired) electrons. The predicted molar refractivity (Wildman–Crippen MR) is 67.1 cm³/mol. The molecule has 1 saturated carbocycles. The molecule has 6 nitrogen and oxygen atoms in total. The first-order valence-electron chi connectivity index (χ1n) is 6.73. The van der Waals surface area contributed by atoms with Gasteiger partial charge in [0.1, 0.15) is 0 Å². The van der Waals surface area contributed by atoms with Crippen LogP contribution in [0, 0.1) is 5.92 Å². The lowest BCUT2D eigenvalue weighted by Gasteiger charge is -2.15. The zero-order valence-electron chi connectivity index (χ0n) is 11.2. The van der Waals surface area contributed by atoms with Crippen molar-refractivity contribution in [2.75, 3.05) is 20.2 Å². The van der Waals surface area contributed by atoms with Crippen LogP contribution in [0.25, 0.3) is 0 Å². The number of hydrogen-bond acceptors (Lipinski definition) is 4. The highest BCUT2D eigenvalue weighted by molar-refractivity contribution is 5.82. The van der Waals surface area contributed by atoms with E-state index in [4.69, 9.17) is 0 Å². The van der Waals surface area contributed by atoms with Gasteiger partial charge in [-0.3, -0.25) is 14.4 Å². The zero-order valence-corrected chi connectivity index (χ0v) is 11.2. The molecule has 2 fully saturated rings. The van der Waals surface area contributed by atoms with Crippen LogP contribution in [0.15, 0.2) is 0 Å². The third-order valence-corrected chi connectivity index (χ3v) is 3.60. The van der Waals surface area contributed by atoms with Crippen molar-refractivity contribution < 1.29 is 19.1 Å². The quantitative estimate of drug-likeness (QED) is 0.692. The highest BCUT2D eigenvalue weighted by Gasteiger charge is 2.39. The Bertz CT molecular complexity index is 379. The van der Waals surface area contributed by atoms with Gasteiger partial charge in [0.15, 0.2) is 0 Å². The number of rotatable bonds is 6. The van der Waals surface area contributed by atoms with E-state index in [1.54, 1.807) is 0 Å². The van der Waals surface area contributed by atoms with Crippen LogP contribution >= 0.6 is 0 Å². The first kappa shape index (κ1) is 13.8. The molecule has 1 N–H and O–H groups in total. The molecule has 19 heavy (non-hydrogen) atoms. The van der Waals surface area contributed by atoms with E-state index < -0.39 is 0 Å². The number of hydrogen-bond donors (Lipinski definition) is 1. The van der Waals surface area contributed by atoms with Crippen LogP contribution in [-0.2, 0) is 19.1 Å². The van der Waals surface area contributed by atoms with Crippen LogP contribution in [0.3, 0.4) is 0 Å². The fraction of sp³-hybridized carbons (Fsp3) is 0.769. The summed E-state index contributed by atoms with van der Waals surface area (Å²) in [5.74, 6) is -0.139. The van der Waals surface area contributed by atoms with Crippen molar-refractivity contribution in [1.82, 2.24) is 10.2 Å². The van der Waals surface area contributed by atoms with E-state index in [9.17, 15) is 14.4 Å². The lowest BCUT2D eigenvalue weighted by atomic mass is 10.1. The molecule has 1 saturated heterocycles. The molecule has 1 heterocycles. The molecule has 6 heteroatoms. The Morgan fingerprint density at radius 1 is 1.37 bits per heavy atom. The number of methoxy groups -OCH3 is 1. The van der Waals surface area contributed by atoms with Gasteiger partial charge in [-0.1, -0.05) is 0 Å². The van der Waals surface area contributed by atoms with E-state index in [0.717, 1.165) is 19.4 Å². The molecule has 0 aromatic heterocycles. The summed E-state index contributed by atoms with van der Waals surface area (Å²) in [6, 6.07) is 0.451. The van der Waals surface area contributed by atoms with Gasteiger partial charge in [-0.15, -0.1) is 0 Å². The van der Waals surface area contributed by atoms with Gasteiger partial charge in [0.05, 0.1) is 13.5 Å². The van der Waals surface area contributed by atoms with Crippen LogP contribution in [0.4, 0.5) is 0 Å². The molecular formula is C13H20N2O4. The van der Waals surface area contributed by atoms with Crippen LogP contribution in [0.5, 0.6) is 0 Å². The van der Waals surface area contributed by atoms with Gasteiger partial charge < -0.3 is 15.0 Å². The Hall–Kier alpha value is -1.59. The van der Waals surface area contributed by atoms with Crippen LogP contribution in [0.2, 0.25) is 0 Å². The Kier molecular flexibility index (Phi) is 4.39. The van der Waals surface area contributed by atoms with E-state index in [-0.39, 0.29) is 36.5 Å². The average Bonchev–Trinajstić information content (AvgIpc) is 3.17. The van der Waals surface area contributed by atoms with Crippen molar-refractivity contribution >= 4 is 17.8 Å². The summed E-state index contributed by atoms with van der Waals surface area (Å²) < 4.78 is 4.47. The van der Waals surface area contributed by atoms with Gasteiger partial charge in [0, 0.05) is 37.9 Å². The summed E-state index contributed by atoms with van der Waals surface area (Å²) in [4.78, 5) is 36.1. The number of esters is 1. The molecule has 0 bridgehead atoms. The van der Waals surface area contributed by atoms with Gasteiger partial charge in [0.2, 0.25) is 11.8 Å². The first-order valence-corrected chi connectivity index (χ1v) is 6.73. The number of nitrogens with zero attached hydrogens (tertiary/aromatic N) is 1.